The second-order valence-corrected chi connectivity index (χ2v) is 7.70. The van der Waals surface area contributed by atoms with Crippen molar-refractivity contribution in [2.75, 3.05) is 0 Å². The van der Waals surface area contributed by atoms with Gasteiger partial charge in [-0.15, -0.1) is 0 Å². The first-order valence-electron chi connectivity index (χ1n) is 7.06. The Hall–Kier alpha value is -1.43. The Bertz CT molecular complexity index is 914. The van der Waals surface area contributed by atoms with Gasteiger partial charge in [0, 0.05) is 5.39 Å². The minimum absolute atomic E-state index is 0.0457. The summed E-state index contributed by atoms with van der Waals surface area (Å²) in [5, 5.41) is 1.33. The molecule has 3 nitrogen and oxygen atoms in total. The van der Waals surface area contributed by atoms with E-state index in [9.17, 15) is 8.42 Å². The second kappa shape index (κ2) is 7.90. The predicted molar refractivity (Wildman–Crippen MR) is 95.0 cm³/mol. The van der Waals surface area contributed by atoms with Crippen LogP contribution >= 0.6 is 0 Å². The van der Waals surface area contributed by atoms with E-state index >= 15 is 0 Å². The molecule has 3 aromatic rings. The summed E-state index contributed by atoms with van der Waals surface area (Å²) in [7, 11) is -4.13. The third-order valence-electron chi connectivity index (χ3n) is 3.29. The minimum Gasteiger partial charge on any atom is -0.282 e. The zero-order valence-corrected chi connectivity index (χ0v) is 15.6. The summed E-state index contributed by atoms with van der Waals surface area (Å²) in [6.45, 7) is 3.89. The van der Waals surface area contributed by atoms with Crippen molar-refractivity contribution < 1.29 is 13.0 Å². The molecule has 0 spiro atoms. The van der Waals surface area contributed by atoms with Crippen LogP contribution in [0.1, 0.15) is 5.56 Å². The molecule has 0 amide bonds. The summed E-state index contributed by atoms with van der Waals surface area (Å²) in [5.74, 6) is 0. The van der Waals surface area contributed by atoms with E-state index in [0.717, 1.165) is 33.3 Å². The molecule has 0 aliphatic heterocycles. The van der Waals surface area contributed by atoms with E-state index in [1.807, 2.05) is 24.3 Å². The van der Waals surface area contributed by atoms with Crippen molar-refractivity contribution in [2.45, 2.75) is 4.90 Å². The Morgan fingerprint density at radius 1 is 0.870 bits per heavy atom. The third kappa shape index (κ3) is 5.03. The van der Waals surface area contributed by atoms with Crippen molar-refractivity contribution in [1.82, 2.24) is 0 Å². The number of hydrogen-bond donors (Lipinski definition) is 1. The summed E-state index contributed by atoms with van der Waals surface area (Å²) in [5.41, 5.74) is 1.28. The molecule has 0 aliphatic rings. The van der Waals surface area contributed by atoms with Gasteiger partial charge in [-0.05, 0) is 11.5 Å². The van der Waals surface area contributed by atoms with Gasteiger partial charge in [-0.2, -0.15) is 8.42 Å². The Balaban J connectivity index is 0.000000185. The van der Waals surface area contributed by atoms with Crippen LogP contribution in [0.3, 0.4) is 0 Å². The first-order chi connectivity index (χ1) is 10.9. The van der Waals surface area contributed by atoms with Gasteiger partial charge in [0.2, 0.25) is 0 Å². The van der Waals surface area contributed by atoms with Crippen LogP contribution in [0.5, 0.6) is 0 Å². The summed E-state index contributed by atoms with van der Waals surface area (Å²) in [4.78, 5) is -0.0457. The van der Waals surface area contributed by atoms with Gasteiger partial charge < -0.3 is 0 Å². The Labute approximate surface area is 153 Å². The molecule has 112 valence electrons. The molecule has 0 aliphatic carbocycles. The predicted octanol–water partition coefficient (Wildman–Crippen LogP) is 3.91. The van der Waals surface area contributed by atoms with Crippen molar-refractivity contribution in [2.24, 2.45) is 0 Å². The summed E-state index contributed by atoms with van der Waals surface area (Å²) >= 11 is 1.06. The Morgan fingerprint density at radius 3 is 2.00 bits per heavy atom. The topological polar surface area (TPSA) is 54.4 Å². The normalized spacial score (nSPS) is 10.7. The largest absolute Gasteiger partial charge is 0.295 e. The fraction of sp³-hybridized carbons (Fsp3) is 0. The van der Waals surface area contributed by atoms with Crippen LogP contribution in [0.25, 0.3) is 13.6 Å². The van der Waals surface area contributed by atoms with Gasteiger partial charge in [0.15, 0.2) is 0 Å². The maximum absolute atomic E-state index is 11.0. The van der Waals surface area contributed by atoms with E-state index in [1.165, 1.54) is 14.5 Å². The van der Waals surface area contributed by atoms with Crippen LogP contribution in [0, 0.1) is 0 Å². The molecule has 0 atom stereocenters. The average molecular weight is 334 g/mol. The summed E-state index contributed by atoms with van der Waals surface area (Å²) < 4.78 is 32.2. The van der Waals surface area contributed by atoms with Crippen molar-refractivity contribution in [3.63, 3.8) is 0 Å². The van der Waals surface area contributed by atoms with Crippen LogP contribution in [0.4, 0.5) is 0 Å². The molecular weight excluding hydrogens is 319 g/mol. The Kier molecular flexibility index (Phi) is 6.16. The molecule has 0 unspecified atom stereocenters. The van der Waals surface area contributed by atoms with Gasteiger partial charge >= 0.3 is 73.2 Å². The molecule has 5 heteroatoms. The van der Waals surface area contributed by atoms with Crippen molar-refractivity contribution >= 4 is 51.6 Å². The molecule has 23 heavy (non-hydrogen) atoms. The van der Waals surface area contributed by atoms with Crippen molar-refractivity contribution in [3.05, 3.63) is 84.9 Å². The molecule has 0 fully saturated rings. The SMILES string of the molecule is C=[C]([Na])c1ccccc1.O=S(=O)(O)c1cccc2ccccc12. The molecule has 3 aromatic carbocycles. The van der Waals surface area contributed by atoms with Gasteiger partial charge in [-0.3, -0.25) is 4.55 Å². The zero-order chi connectivity index (χ0) is 16.9. The van der Waals surface area contributed by atoms with Crippen LogP contribution in [-0.2, 0) is 10.1 Å². The van der Waals surface area contributed by atoms with E-state index in [1.54, 1.807) is 30.3 Å². The molecule has 1 N–H and O–H groups in total. The molecule has 0 saturated carbocycles. The van der Waals surface area contributed by atoms with Crippen LogP contribution in [0.15, 0.2) is 84.3 Å². The molecular formula is C18H15NaO3S. The van der Waals surface area contributed by atoms with Gasteiger partial charge in [-0.1, -0.05) is 36.4 Å². The molecule has 0 radical (unpaired) electrons. The van der Waals surface area contributed by atoms with Crippen LogP contribution < -0.4 is 0 Å². The van der Waals surface area contributed by atoms with E-state index < -0.39 is 10.1 Å². The fourth-order valence-electron chi connectivity index (χ4n) is 2.14. The molecule has 0 heterocycles. The van der Waals surface area contributed by atoms with Crippen LogP contribution in [-0.4, -0.2) is 40.9 Å². The summed E-state index contributed by atoms with van der Waals surface area (Å²) in [6.07, 6.45) is 0. The van der Waals surface area contributed by atoms with E-state index in [0.29, 0.717) is 5.39 Å². The van der Waals surface area contributed by atoms with E-state index in [4.69, 9.17) is 4.55 Å². The molecule has 0 bridgehead atoms. The van der Waals surface area contributed by atoms with Crippen molar-refractivity contribution in [3.8, 4) is 0 Å². The quantitative estimate of drug-likeness (QED) is 0.571. The first-order valence-corrected chi connectivity index (χ1v) is 9.50. The standard InChI is InChI=1S/C10H8O3S.C8H7.Na/c11-14(12,13)10-7-3-5-8-4-1-2-6-9(8)10;1-2-8-6-4-3-5-7-8;/h1-7H,(H,11,12,13);3-7H,1H2;. The molecule has 3 rings (SSSR count). The smallest absolute Gasteiger partial charge is 0.282 e. The van der Waals surface area contributed by atoms with Gasteiger partial charge in [0.05, 0.1) is 0 Å². The van der Waals surface area contributed by atoms with Crippen molar-refractivity contribution in [1.29, 1.82) is 0 Å². The van der Waals surface area contributed by atoms with Gasteiger partial charge in [-0.25, -0.2) is 0 Å². The van der Waals surface area contributed by atoms with E-state index in [2.05, 4.69) is 18.7 Å². The Morgan fingerprint density at radius 2 is 1.43 bits per heavy atom. The molecule has 0 saturated heterocycles. The third-order valence-corrected chi connectivity index (χ3v) is 4.78. The first kappa shape index (κ1) is 17.9. The number of hydrogen-bond acceptors (Lipinski definition) is 2. The number of rotatable bonds is 2. The second-order valence-electron chi connectivity index (χ2n) is 5.10. The number of benzene rings is 3. The number of fused-ring (bicyclic) bond motifs is 1. The monoisotopic (exact) mass is 334 g/mol. The fourth-order valence-corrected chi connectivity index (χ4v) is 3.19. The minimum atomic E-state index is -4.13. The van der Waals surface area contributed by atoms with Gasteiger partial charge in [0.1, 0.15) is 4.90 Å². The zero-order valence-electron chi connectivity index (χ0n) is 12.8. The average Bonchev–Trinajstić information content (AvgIpc) is 2.55. The van der Waals surface area contributed by atoms with E-state index in [-0.39, 0.29) is 4.90 Å². The van der Waals surface area contributed by atoms with Crippen LogP contribution in [0.2, 0.25) is 0 Å². The summed E-state index contributed by atoms with van der Waals surface area (Å²) in [6, 6.07) is 22.1. The van der Waals surface area contributed by atoms with Gasteiger partial charge in [0.25, 0.3) is 10.1 Å². The molecule has 0 aromatic heterocycles. The maximum Gasteiger partial charge on any atom is 0.295 e. The maximum atomic E-state index is 11.0.